The molecule has 0 aliphatic carbocycles. The molecule has 0 amide bonds. The van der Waals surface area contributed by atoms with Gasteiger partial charge in [0.25, 0.3) is 0 Å². The summed E-state index contributed by atoms with van der Waals surface area (Å²) in [5.41, 5.74) is 5.54. The third kappa shape index (κ3) is 9.38. The predicted octanol–water partition coefficient (Wildman–Crippen LogP) is -0.00190. The largest absolute Gasteiger partial charge is 4.00 e. The van der Waals surface area contributed by atoms with Crippen LogP contribution in [0.1, 0.15) is 22.3 Å². The summed E-state index contributed by atoms with van der Waals surface area (Å²) in [4.78, 5) is 0. The van der Waals surface area contributed by atoms with Crippen molar-refractivity contribution in [3.05, 3.63) is 131 Å². The van der Waals surface area contributed by atoms with Crippen LogP contribution in [0.5, 0.6) is 0 Å². The van der Waals surface area contributed by atoms with E-state index in [9.17, 15) is 0 Å². The fourth-order valence-corrected chi connectivity index (χ4v) is 2.73. The molecule has 0 fully saturated rings. The topological polar surface area (TPSA) is 0 Å². The number of rotatable bonds is 4. The van der Waals surface area contributed by atoms with Gasteiger partial charge in [-0.15, -0.1) is 0 Å². The van der Waals surface area contributed by atoms with Crippen LogP contribution in [0.2, 0.25) is 0 Å². The minimum atomic E-state index is 0. The number of hydrogen-bond donors (Lipinski definition) is 0. The van der Waals surface area contributed by atoms with Gasteiger partial charge in [0.2, 0.25) is 0 Å². The van der Waals surface area contributed by atoms with E-state index in [0.29, 0.717) is 0 Å². The van der Waals surface area contributed by atoms with Crippen molar-refractivity contribution in [1.29, 1.82) is 0 Å². The Morgan fingerprint density at radius 2 is 0.741 bits per heavy atom. The van der Waals surface area contributed by atoms with E-state index in [0.717, 1.165) is 12.8 Å². The number of halogens is 2. The molecule has 4 aromatic carbocycles. The zero-order chi connectivity index (χ0) is 16.5. The van der Waals surface area contributed by atoms with Crippen molar-refractivity contribution in [2.45, 2.75) is 12.8 Å². The minimum Gasteiger partial charge on any atom is -1.00 e. The molecule has 0 aliphatic heterocycles. The molecule has 0 radical (unpaired) electrons. The monoisotopic (exact) mass is 470 g/mol. The van der Waals surface area contributed by atoms with Crippen molar-refractivity contribution in [2.24, 2.45) is 0 Å². The van der Waals surface area contributed by atoms with Crippen LogP contribution in [0.25, 0.3) is 0 Å². The SMILES string of the molecule is [Cl-].[Cl-].[Zr+4].c1ccc(C[c-]2cccc2)cc1.c1ccc(C[c-]2cccc2)cc1. The summed E-state index contributed by atoms with van der Waals surface area (Å²) in [7, 11) is 0. The van der Waals surface area contributed by atoms with Gasteiger partial charge in [-0.1, -0.05) is 71.8 Å². The second-order valence-electron chi connectivity index (χ2n) is 5.91. The molecule has 0 aliphatic rings. The van der Waals surface area contributed by atoms with Crippen LogP contribution >= 0.6 is 0 Å². The smallest absolute Gasteiger partial charge is 1.00 e. The average molecular weight is 473 g/mol. The first-order chi connectivity index (χ1) is 11.9. The van der Waals surface area contributed by atoms with Crippen molar-refractivity contribution in [2.75, 3.05) is 0 Å². The molecule has 0 saturated heterocycles. The van der Waals surface area contributed by atoms with E-state index < -0.39 is 0 Å². The van der Waals surface area contributed by atoms with E-state index in [1.165, 1.54) is 22.3 Å². The number of benzene rings is 2. The summed E-state index contributed by atoms with van der Waals surface area (Å²) >= 11 is 0. The van der Waals surface area contributed by atoms with Crippen molar-refractivity contribution < 1.29 is 51.0 Å². The maximum atomic E-state index is 2.16. The Bertz CT molecular complexity index is 721. The van der Waals surface area contributed by atoms with Crippen molar-refractivity contribution in [1.82, 2.24) is 0 Å². The molecule has 0 aromatic heterocycles. The third-order valence-electron chi connectivity index (χ3n) is 3.97. The summed E-state index contributed by atoms with van der Waals surface area (Å²) in [6, 6.07) is 38.0. The quantitative estimate of drug-likeness (QED) is 0.367. The summed E-state index contributed by atoms with van der Waals surface area (Å²) in [5, 5.41) is 0. The van der Waals surface area contributed by atoms with Crippen molar-refractivity contribution in [3.63, 3.8) is 0 Å². The molecule has 0 unspecified atom stereocenters. The Morgan fingerprint density at radius 1 is 0.444 bits per heavy atom. The molecule has 0 N–H and O–H groups in total. The van der Waals surface area contributed by atoms with Gasteiger partial charge in [-0.25, -0.2) is 24.3 Å². The van der Waals surface area contributed by atoms with Crippen LogP contribution in [0, 0.1) is 0 Å². The normalized spacial score (nSPS) is 8.89. The fourth-order valence-electron chi connectivity index (χ4n) is 2.73. The maximum absolute atomic E-state index is 2.16. The van der Waals surface area contributed by atoms with E-state index in [2.05, 4.69) is 109 Å². The van der Waals surface area contributed by atoms with Crippen molar-refractivity contribution in [3.8, 4) is 0 Å². The van der Waals surface area contributed by atoms with E-state index in [1.807, 2.05) is 0 Å². The van der Waals surface area contributed by atoms with Gasteiger partial charge in [-0.05, 0) is 12.8 Å². The Kier molecular flexibility index (Phi) is 13.9. The van der Waals surface area contributed by atoms with E-state index in [-0.39, 0.29) is 51.0 Å². The molecule has 4 rings (SSSR count). The van der Waals surface area contributed by atoms with Crippen LogP contribution in [-0.2, 0) is 39.0 Å². The molecule has 0 nitrogen and oxygen atoms in total. The summed E-state index contributed by atoms with van der Waals surface area (Å²) < 4.78 is 0. The molecular formula is C24H22Cl2Zr. The molecule has 0 saturated carbocycles. The Balaban J connectivity index is 0.000000451. The van der Waals surface area contributed by atoms with Crippen LogP contribution in [0.4, 0.5) is 0 Å². The van der Waals surface area contributed by atoms with Gasteiger partial charge < -0.3 is 24.8 Å². The van der Waals surface area contributed by atoms with E-state index in [4.69, 9.17) is 0 Å². The predicted molar refractivity (Wildman–Crippen MR) is 103 cm³/mol. The Labute approximate surface area is 194 Å². The van der Waals surface area contributed by atoms with E-state index in [1.54, 1.807) is 0 Å². The first kappa shape index (κ1) is 25.6. The van der Waals surface area contributed by atoms with Gasteiger partial charge in [-0.2, -0.15) is 35.4 Å². The first-order valence-electron chi connectivity index (χ1n) is 8.39. The zero-order valence-corrected chi connectivity index (χ0v) is 19.0. The molecule has 136 valence electrons. The van der Waals surface area contributed by atoms with Gasteiger partial charge in [0.15, 0.2) is 0 Å². The summed E-state index contributed by atoms with van der Waals surface area (Å²) in [5.74, 6) is 0. The standard InChI is InChI=1S/2C12H11.2ClH.Zr/c2*1-2-6-11(7-3-1)10-12-8-4-5-9-12;;;/h2*1-9H,10H2;2*1H;/q2*-1;;;+4/p-2. The number of hydrogen-bond acceptors (Lipinski definition) is 0. The minimum absolute atomic E-state index is 0. The van der Waals surface area contributed by atoms with Gasteiger partial charge in [0, 0.05) is 0 Å². The summed E-state index contributed by atoms with van der Waals surface area (Å²) in [6.07, 6.45) is 2.10. The summed E-state index contributed by atoms with van der Waals surface area (Å²) in [6.45, 7) is 0. The molecule has 0 bridgehead atoms. The second kappa shape index (κ2) is 14.6. The third-order valence-corrected chi connectivity index (χ3v) is 3.97. The van der Waals surface area contributed by atoms with Gasteiger partial charge in [-0.3, -0.25) is 0 Å². The fraction of sp³-hybridized carbons (Fsp3) is 0.0833. The van der Waals surface area contributed by atoms with E-state index >= 15 is 0 Å². The van der Waals surface area contributed by atoms with Crippen LogP contribution in [0.15, 0.2) is 109 Å². The Morgan fingerprint density at radius 3 is 1.04 bits per heavy atom. The molecule has 0 heterocycles. The van der Waals surface area contributed by atoms with Gasteiger partial charge >= 0.3 is 26.2 Å². The van der Waals surface area contributed by atoms with Gasteiger partial charge in [0.05, 0.1) is 0 Å². The molecule has 3 heteroatoms. The van der Waals surface area contributed by atoms with Crippen LogP contribution in [0.3, 0.4) is 0 Å². The van der Waals surface area contributed by atoms with Crippen molar-refractivity contribution >= 4 is 0 Å². The molecular weight excluding hydrogens is 450 g/mol. The van der Waals surface area contributed by atoms with Crippen LogP contribution in [-0.4, -0.2) is 0 Å². The molecule has 0 atom stereocenters. The Hall–Kier alpha value is -1.40. The second-order valence-corrected chi connectivity index (χ2v) is 5.91. The first-order valence-corrected chi connectivity index (χ1v) is 8.39. The zero-order valence-electron chi connectivity index (χ0n) is 15.1. The molecule has 0 spiro atoms. The molecule has 4 aromatic rings. The molecule has 27 heavy (non-hydrogen) atoms. The van der Waals surface area contributed by atoms with Crippen LogP contribution < -0.4 is 24.8 Å². The van der Waals surface area contributed by atoms with Gasteiger partial charge in [0.1, 0.15) is 0 Å². The average Bonchev–Trinajstić information content (AvgIpc) is 3.32. The maximum Gasteiger partial charge on any atom is 4.00 e.